The minimum atomic E-state index is -0.716. The fraction of sp³-hybridized carbons (Fsp3) is 0.500. The van der Waals surface area contributed by atoms with Crippen LogP contribution >= 0.6 is 15.9 Å². The lowest BCUT2D eigenvalue weighted by molar-refractivity contribution is 0.154. The molecule has 1 aromatic heterocycles. The van der Waals surface area contributed by atoms with Gasteiger partial charge in [-0.05, 0) is 28.8 Å². The number of carbonyl (C=O) groups excluding carboxylic acids is 1. The Balaban J connectivity index is 2.07. The van der Waals surface area contributed by atoms with Crippen molar-refractivity contribution in [1.29, 1.82) is 0 Å². The first-order valence-corrected chi connectivity index (χ1v) is 5.08. The van der Waals surface area contributed by atoms with Gasteiger partial charge in [-0.25, -0.2) is 4.79 Å². The van der Waals surface area contributed by atoms with Gasteiger partial charge in [-0.1, -0.05) is 0 Å². The highest BCUT2D eigenvalue weighted by Gasteiger charge is 1.96. The maximum Gasteiger partial charge on any atom is 0.404 e. The molecule has 0 bridgehead atoms. The van der Waals surface area contributed by atoms with Gasteiger partial charge in [0.15, 0.2) is 0 Å². The van der Waals surface area contributed by atoms with Crippen LogP contribution in [0.15, 0.2) is 16.9 Å². The van der Waals surface area contributed by atoms with E-state index in [0.29, 0.717) is 6.61 Å². The summed E-state index contributed by atoms with van der Waals surface area (Å²) in [6.45, 7) is 1.19. The first kappa shape index (κ1) is 11.0. The molecule has 5 nitrogen and oxygen atoms in total. The van der Waals surface area contributed by atoms with Gasteiger partial charge in [-0.15, -0.1) is 0 Å². The minimum Gasteiger partial charge on any atom is -0.450 e. The third kappa shape index (κ3) is 4.27. The Bertz CT molecular complexity index is 301. The molecule has 1 amide bonds. The molecule has 0 spiro atoms. The van der Waals surface area contributed by atoms with Gasteiger partial charge in [0.2, 0.25) is 0 Å². The summed E-state index contributed by atoms with van der Waals surface area (Å²) in [5.74, 6) is 0. The highest BCUT2D eigenvalue weighted by molar-refractivity contribution is 9.10. The molecule has 1 rings (SSSR count). The summed E-state index contributed by atoms with van der Waals surface area (Å²) in [5.41, 5.74) is 4.80. The third-order valence-electron chi connectivity index (χ3n) is 1.63. The highest BCUT2D eigenvalue weighted by atomic mass is 79.9. The molecule has 0 saturated carbocycles. The van der Waals surface area contributed by atoms with E-state index in [1.807, 2.05) is 10.9 Å². The van der Waals surface area contributed by atoms with Gasteiger partial charge in [0, 0.05) is 12.7 Å². The predicted molar refractivity (Wildman–Crippen MR) is 54.7 cm³/mol. The summed E-state index contributed by atoms with van der Waals surface area (Å²) in [6.07, 6.45) is 4.61. The van der Waals surface area contributed by atoms with E-state index >= 15 is 0 Å². The van der Waals surface area contributed by atoms with Crippen molar-refractivity contribution < 1.29 is 9.53 Å². The summed E-state index contributed by atoms with van der Waals surface area (Å²) in [6, 6.07) is 0. The first-order chi connectivity index (χ1) is 6.68. The molecule has 0 aliphatic rings. The minimum absolute atomic E-state index is 0.373. The second kappa shape index (κ2) is 5.64. The molecule has 6 heteroatoms. The quantitative estimate of drug-likeness (QED) is 0.818. The molecule has 14 heavy (non-hydrogen) atoms. The van der Waals surface area contributed by atoms with Crippen LogP contribution in [0, 0.1) is 0 Å². The third-order valence-corrected chi connectivity index (χ3v) is 2.04. The Morgan fingerprint density at radius 3 is 3.00 bits per heavy atom. The zero-order valence-corrected chi connectivity index (χ0v) is 9.24. The Labute approximate surface area is 90.3 Å². The number of primary amides is 1. The van der Waals surface area contributed by atoms with E-state index in [1.54, 1.807) is 6.20 Å². The van der Waals surface area contributed by atoms with Gasteiger partial charge < -0.3 is 10.5 Å². The van der Waals surface area contributed by atoms with Crippen molar-refractivity contribution in [3.05, 3.63) is 16.9 Å². The van der Waals surface area contributed by atoms with Crippen molar-refractivity contribution in [1.82, 2.24) is 9.78 Å². The molecule has 0 saturated heterocycles. The molecule has 0 fully saturated rings. The molecule has 2 N–H and O–H groups in total. The van der Waals surface area contributed by atoms with E-state index in [4.69, 9.17) is 5.73 Å². The number of hydrogen-bond acceptors (Lipinski definition) is 3. The average Bonchev–Trinajstić information content (AvgIpc) is 2.50. The largest absolute Gasteiger partial charge is 0.450 e. The molecular weight excluding hydrogens is 250 g/mol. The molecule has 0 radical (unpaired) electrons. The van der Waals surface area contributed by atoms with Crippen LogP contribution in [0.5, 0.6) is 0 Å². The van der Waals surface area contributed by atoms with Crippen LogP contribution in [0.4, 0.5) is 4.79 Å². The second-order valence-corrected chi connectivity index (χ2v) is 3.71. The lowest BCUT2D eigenvalue weighted by Gasteiger charge is -2.01. The van der Waals surface area contributed by atoms with Crippen molar-refractivity contribution in [2.24, 2.45) is 5.73 Å². The van der Waals surface area contributed by atoms with Crippen LogP contribution in [0.3, 0.4) is 0 Å². The maximum absolute atomic E-state index is 10.2. The number of rotatable bonds is 5. The molecule has 0 aliphatic heterocycles. The molecule has 0 unspecified atom stereocenters. The Morgan fingerprint density at radius 2 is 2.43 bits per heavy atom. The van der Waals surface area contributed by atoms with Crippen LogP contribution in [-0.4, -0.2) is 22.5 Å². The second-order valence-electron chi connectivity index (χ2n) is 2.80. The standard InChI is InChI=1S/C8H12BrN3O2/c9-7-5-11-12(6-7)3-1-2-4-14-8(10)13/h5-6H,1-4H2,(H2,10,13). The number of carbonyl (C=O) groups is 1. The van der Waals surface area contributed by atoms with E-state index in [9.17, 15) is 4.79 Å². The van der Waals surface area contributed by atoms with Crippen LogP contribution in [0.2, 0.25) is 0 Å². The van der Waals surface area contributed by atoms with Crippen molar-refractivity contribution in [3.63, 3.8) is 0 Å². The smallest absolute Gasteiger partial charge is 0.404 e. The van der Waals surface area contributed by atoms with E-state index in [-0.39, 0.29) is 0 Å². The molecule has 0 aromatic carbocycles. The Morgan fingerprint density at radius 1 is 1.64 bits per heavy atom. The average molecular weight is 262 g/mol. The zero-order valence-electron chi connectivity index (χ0n) is 7.65. The van der Waals surface area contributed by atoms with Gasteiger partial charge in [0.25, 0.3) is 0 Å². The van der Waals surface area contributed by atoms with Crippen LogP contribution < -0.4 is 5.73 Å². The number of aryl methyl sites for hydroxylation is 1. The van der Waals surface area contributed by atoms with E-state index < -0.39 is 6.09 Å². The summed E-state index contributed by atoms with van der Waals surface area (Å²) >= 11 is 3.30. The highest BCUT2D eigenvalue weighted by Crippen LogP contribution is 2.06. The molecule has 0 atom stereocenters. The number of amides is 1. The lowest BCUT2D eigenvalue weighted by atomic mass is 10.3. The molecule has 1 aromatic rings. The number of nitrogens with two attached hydrogens (primary N) is 1. The van der Waals surface area contributed by atoms with E-state index in [2.05, 4.69) is 25.8 Å². The van der Waals surface area contributed by atoms with Gasteiger partial charge >= 0.3 is 6.09 Å². The normalized spacial score (nSPS) is 10.1. The number of halogens is 1. The number of aromatic nitrogens is 2. The summed E-state index contributed by atoms with van der Waals surface area (Å²) in [7, 11) is 0. The fourth-order valence-electron chi connectivity index (χ4n) is 1.01. The molecular formula is C8H12BrN3O2. The van der Waals surface area contributed by atoms with Crippen molar-refractivity contribution >= 4 is 22.0 Å². The molecule has 1 heterocycles. The Hall–Kier alpha value is -1.04. The van der Waals surface area contributed by atoms with E-state index in [0.717, 1.165) is 23.9 Å². The lowest BCUT2D eigenvalue weighted by Crippen LogP contribution is -2.14. The zero-order chi connectivity index (χ0) is 10.4. The number of nitrogens with zero attached hydrogens (tertiary/aromatic N) is 2. The van der Waals surface area contributed by atoms with Gasteiger partial charge in [-0.2, -0.15) is 5.10 Å². The van der Waals surface area contributed by atoms with Crippen LogP contribution in [0.1, 0.15) is 12.8 Å². The van der Waals surface area contributed by atoms with Gasteiger partial charge in [0.05, 0.1) is 17.3 Å². The number of hydrogen-bond donors (Lipinski definition) is 1. The number of unbranched alkanes of at least 4 members (excludes halogenated alkanes) is 1. The maximum atomic E-state index is 10.2. The predicted octanol–water partition coefficient (Wildman–Crippen LogP) is 1.52. The van der Waals surface area contributed by atoms with Crippen LogP contribution in [-0.2, 0) is 11.3 Å². The topological polar surface area (TPSA) is 70.1 Å². The van der Waals surface area contributed by atoms with Crippen LogP contribution in [0.25, 0.3) is 0 Å². The van der Waals surface area contributed by atoms with Gasteiger partial charge in [-0.3, -0.25) is 4.68 Å². The van der Waals surface area contributed by atoms with Crippen molar-refractivity contribution in [3.8, 4) is 0 Å². The molecule has 0 aliphatic carbocycles. The van der Waals surface area contributed by atoms with Crippen molar-refractivity contribution in [2.45, 2.75) is 19.4 Å². The SMILES string of the molecule is NC(=O)OCCCCn1cc(Br)cn1. The Kier molecular flexibility index (Phi) is 4.45. The summed E-state index contributed by atoms with van der Waals surface area (Å²) in [4.78, 5) is 10.2. The van der Waals surface area contributed by atoms with Crippen molar-refractivity contribution in [2.75, 3.05) is 6.61 Å². The number of ether oxygens (including phenoxy) is 1. The van der Waals surface area contributed by atoms with E-state index in [1.165, 1.54) is 0 Å². The first-order valence-electron chi connectivity index (χ1n) is 4.28. The summed E-state index contributed by atoms with van der Waals surface area (Å²) in [5, 5.41) is 4.09. The molecule has 78 valence electrons. The monoisotopic (exact) mass is 261 g/mol. The fourth-order valence-corrected chi connectivity index (χ4v) is 1.34. The van der Waals surface area contributed by atoms with Gasteiger partial charge in [0.1, 0.15) is 0 Å². The summed E-state index contributed by atoms with van der Waals surface area (Å²) < 4.78 is 7.38.